The van der Waals surface area contributed by atoms with Gasteiger partial charge in [0.05, 0.1) is 23.8 Å². The van der Waals surface area contributed by atoms with Crippen LogP contribution in [0.2, 0.25) is 0 Å². The van der Waals surface area contributed by atoms with E-state index in [4.69, 9.17) is 4.98 Å². The second kappa shape index (κ2) is 6.79. The van der Waals surface area contributed by atoms with Crippen LogP contribution in [0.1, 0.15) is 58.2 Å². The van der Waals surface area contributed by atoms with Gasteiger partial charge in [-0.1, -0.05) is 0 Å². The Bertz CT molecular complexity index is 629. The van der Waals surface area contributed by atoms with Crippen LogP contribution in [0.4, 0.5) is 0 Å². The SMILES string of the molecule is CC(C)N1CCCC(c2cnc(-c3cnn(C(C)C)c3)cn2)C1. The highest BCUT2D eigenvalue weighted by Gasteiger charge is 2.24. The fraction of sp³-hybridized carbons (Fsp3) is 0.611. The topological polar surface area (TPSA) is 46.8 Å². The molecule has 0 N–H and O–H groups in total. The predicted octanol–water partition coefficient (Wildman–Crippen LogP) is 3.51. The fourth-order valence-electron chi connectivity index (χ4n) is 3.17. The third-order valence-electron chi connectivity index (χ3n) is 4.70. The van der Waals surface area contributed by atoms with Gasteiger partial charge in [-0.3, -0.25) is 14.6 Å². The van der Waals surface area contributed by atoms with Crippen molar-refractivity contribution in [2.75, 3.05) is 13.1 Å². The van der Waals surface area contributed by atoms with Crippen LogP contribution in [0.3, 0.4) is 0 Å². The number of rotatable bonds is 4. The molecule has 0 saturated carbocycles. The van der Waals surface area contributed by atoms with E-state index in [9.17, 15) is 0 Å². The first kappa shape index (κ1) is 16.1. The number of piperidine rings is 1. The zero-order valence-electron chi connectivity index (χ0n) is 14.6. The molecule has 23 heavy (non-hydrogen) atoms. The van der Waals surface area contributed by atoms with Gasteiger partial charge in [0.25, 0.3) is 0 Å². The summed E-state index contributed by atoms with van der Waals surface area (Å²) in [6, 6.07) is 0.965. The molecule has 3 rings (SSSR count). The largest absolute Gasteiger partial charge is 0.300 e. The van der Waals surface area contributed by atoms with E-state index in [1.165, 1.54) is 19.4 Å². The van der Waals surface area contributed by atoms with E-state index in [-0.39, 0.29) is 0 Å². The highest BCUT2D eigenvalue weighted by Crippen LogP contribution is 2.27. The van der Waals surface area contributed by atoms with Crippen molar-refractivity contribution in [1.82, 2.24) is 24.6 Å². The summed E-state index contributed by atoms with van der Waals surface area (Å²) in [6.07, 6.45) is 10.2. The monoisotopic (exact) mass is 313 g/mol. The summed E-state index contributed by atoms with van der Waals surface area (Å²) in [4.78, 5) is 11.9. The summed E-state index contributed by atoms with van der Waals surface area (Å²) in [5, 5.41) is 4.38. The van der Waals surface area contributed by atoms with Gasteiger partial charge in [-0.05, 0) is 47.1 Å². The maximum atomic E-state index is 4.70. The summed E-state index contributed by atoms with van der Waals surface area (Å²) in [5.41, 5.74) is 3.05. The normalized spacial score (nSPS) is 19.7. The molecule has 0 spiro atoms. The number of nitrogens with zero attached hydrogens (tertiary/aromatic N) is 5. The van der Waals surface area contributed by atoms with E-state index in [2.05, 4.69) is 42.7 Å². The quantitative estimate of drug-likeness (QED) is 0.866. The molecule has 0 bridgehead atoms. The van der Waals surface area contributed by atoms with Gasteiger partial charge in [0.15, 0.2) is 0 Å². The summed E-state index contributed by atoms with van der Waals surface area (Å²) in [5.74, 6) is 0.506. The Labute approximate surface area is 138 Å². The lowest BCUT2D eigenvalue weighted by atomic mass is 9.94. The van der Waals surface area contributed by atoms with Crippen LogP contribution < -0.4 is 0 Å². The standard InChI is InChI=1S/C18H27N5/c1-13(2)22-7-5-6-15(11-22)17-9-20-18(10-19-17)16-8-21-23(12-16)14(3)4/h8-10,12-15H,5-7,11H2,1-4H3. The first-order valence-corrected chi connectivity index (χ1v) is 8.65. The minimum Gasteiger partial charge on any atom is -0.300 e. The molecule has 1 aliphatic rings. The van der Waals surface area contributed by atoms with Gasteiger partial charge < -0.3 is 4.90 Å². The van der Waals surface area contributed by atoms with Crippen molar-refractivity contribution in [1.29, 1.82) is 0 Å². The van der Waals surface area contributed by atoms with E-state index in [0.717, 1.165) is 23.5 Å². The highest BCUT2D eigenvalue weighted by atomic mass is 15.3. The van der Waals surface area contributed by atoms with Crippen LogP contribution in [0.25, 0.3) is 11.3 Å². The third kappa shape index (κ3) is 3.61. The Balaban J connectivity index is 1.73. The molecule has 124 valence electrons. The van der Waals surface area contributed by atoms with Crippen molar-refractivity contribution in [2.45, 2.75) is 58.5 Å². The lowest BCUT2D eigenvalue weighted by Gasteiger charge is -2.35. The van der Waals surface area contributed by atoms with Crippen LogP contribution in [0, 0.1) is 0 Å². The maximum absolute atomic E-state index is 4.70. The summed E-state index contributed by atoms with van der Waals surface area (Å²) < 4.78 is 1.95. The van der Waals surface area contributed by atoms with Crippen LogP contribution in [-0.4, -0.2) is 43.8 Å². The van der Waals surface area contributed by atoms with Crippen LogP contribution in [-0.2, 0) is 0 Å². The number of hydrogen-bond donors (Lipinski definition) is 0. The molecule has 0 radical (unpaired) electrons. The Morgan fingerprint density at radius 1 is 1.04 bits per heavy atom. The van der Waals surface area contributed by atoms with Gasteiger partial charge in [-0.15, -0.1) is 0 Å². The molecule has 2 aromatic rings. The van der Waals surface area contributed by atoms with Crippen molar-refractivity contribution in [3.05, 3.63) is 30.5 Å². The lowest BCUT2D eigenvalue weighted by molar-refractivity contribution is 0.166. The molecule has 3 heterocycles. The molecule has 1 unspecified atom stereocenters. The molecule has 0 aliphatic carbocycles. The second-order valence-electron chi connectivity index (χ2n) is 7.06. The van der Waals surface area contributed by atoms with Gasteiger partial charge in [0.2, 0.25) is 0 Å². The van der Waals surface area contributed by atoms with Crippen molar-refractivity contribution < 1.29 is 0 Å². The average molecular weight is 313 g/mol. The molecule has 0 amide bonds. The number of hydrogen-bond acceptors (Lipinski definition) is 4. The molecule has 0 aromatic carbocycles. The Kier molecular flexibility index (Phi) is 4.76. The lowest BCUT2D eigenvalue weighted by Crippen LogP contribution is -2.39. The molecule has 5 nitrogen and oxygen atoms in total. The Morgan fingerprint density at radius 2 is 1.87 bits per heavy atom. The second-order valence-corrected chi connectivity index (χ2v) is 7.06. The molecule has 5 heteroatoms. The molecule has 1 atom stereocenters. The van der Waals surface area contributed by atoms with Gasteiger partial charge in [-0.2, -0.15) is 5.10 Å². The van der Waals surface area contributed by atoms with E-state index in [1.807, 2.05) is 29.5 Å². The van der Waals surface area contributed by atoms with Crippen molar-refractivity contribution in [3.63, 3.8) is 0 Å². The van der Waals surface area contributed by atoms with Gasteiger partial charge in [0.1, 0.15) is 0 Å². The fourth-order valence-corrected chi connectivity index (χ4v) is 3.17. The Morgan fingerprint density at radius 3 is 2.48 bits per heavy atom. The molecular weight excluding hydrogens is 286 g/mol. The minimum atomic E-state index is 0.361. The van der Waals surface area contributed by atoms with E-state index >= 15 is 0 Å². The summed E-state index contributed by atoms with van der Waals surface area (Å²) in [7, 11) is 0. The van der Waals surface area contributed by atoms with E-state index < -0.39 is 0 Å². The molecule has 2 aromatic heterocycles. The van der Waals surface area contributed by atoms with Gasteiger partial charge in [0, 0.05) is 42.5 Å². The third-order valence-corrected chi connectivity index (χ3v) is 4.70. The van der Waals surface area contributed by atoms with Crippen molar-refractivity contribution in [2.24, 2.45) is 0 Å². The zero-order chi connectivity index (χ0) is 16.4. The molecule has 1 saturated heterocycles. The molecule has 1 fully saturated rings. The smallest absolute Gasteiger partial charge is 0.0916 e. The van der Waals surface area contributed by atoms with Crippen LogP contribution >= 0.6 is 0 Å². The van der Waals surface area contributed by atoms with E-state index in [1.54, 1.807) is 0 Å². The van der Waals surface area contributed by atoms with Crippen molar-refractivity contribution >= 4 is 0 Å². The first-order valence-electron chi connectivity index (χ1n) is 8.65. The summed E-state index contributed by atoms with van der Waals surface area (Å²) in [6.45, 7) is 11.1. The summed E-state index contributed by atoms with van der Waals surface area (Å²) >= 11 is 0. The predicted molar refractivity (Wildman–Crippen MR) is 92.3 cm³/mol. The molecular formula is C18H27N5. The first-order chi connectivity index (χ1) is 11.0. The minimum absolute atomic E-state index is 0.361. The number of aromatic nitrogens is 4. The van der Waals surface area contributed by atoms with Crippen LogP contribution in [0.5, 0.6) is 0 Å². The Hall–Kier alpha value is -1.75. The van der Waals surface area contributed by atoms with Gasteiger partial charge in [-0.25, -0.2) is 0 Å². The number of likely N-dealkylation sites (tertiary alicyclic amines) is 1. The average Bonchev–Trinajstić information content (AvgIpc) is 3.05. The maximum Gasteiger partial charge on any atom is 0.0916 e. The van der Waals surface area contributed by atoms with E-state index in [0.29, 0.717) is 18.0 Å². The zero-order valence-corrected chi connectivity index (χ0v) is 14.6. The van der Waals surface area contributed by atoms with Gasteiger partial charge >= 0.3 is 0 Å². The van der Waals surface area contributed by atoms with Crippen LogP contribution in [0.15, 0.2) is 24.8 Å². The van der Waals surface area contributed by atoms with Crippen molar-refractivity contribution in [3.8, 4) is 11.3 Å². The molecule has 1 aliphatic heterocycles. The highest BCUT2D eigenvalue weighted by molar-refractivity contribution is 5.55.